The van der Waals surface area contributed by atoms with E-state index in [9.17, 15) is 9.18 Å². The van der Waals surface area contributed by atoms with Gasteiger partial charge in [0.2, 0.25) is 0 Å². The number of nitrogens with two attached hydrogens (primary N) is 2. The number of carbonyl (C=O) groups excluding carboxylic acids is 1. The van der Waals surface area contributed by atoms with Gasteiger partial charge in [-0.1, -0.05) is 11.6 Å². The van der Waals surface area contributed by atoms with Crippen LogP contribution in [-0.4, -0.2) is 15.7 Å². The standard InChI is InChI=1S/C10H8ClFN4O/c11-6-1-8(13)9(2-7(6)12)16-4-5(3-15-16)10(14)17/h1-4H,13H2,(H2,14,17). The number of benzene rings is 1. The van der Waals surface area contributed by atoms with E-state index in [0.29, 0.717) is 5.69 Å². The van der Waals surface area contributed by atoms with E-state index in [4.69, 9.17) is 23.1 Å². The van der Waals surface area contributed by atoms with E-state index in [0.717, 1.165) is 6.07 Å². The molecule has 0 radical (unpaired) electrons. The lowest BCUT2D eigenvalue weighted by Crippen LogP contribution is -2.09. The Morgan fingerprint density at radius 3 is 2.76 bits per heavy atom. The minimum absolute atomic E-state index is 0.0754. The molecule has 2 aromatic rings. The maximum atomic E-state index is 13.3. The Hall–Kier alpha value is -2.08. The molecule has 0 aliphatic rings. The molecular formula is C10H8ClFN4O. The van der Waals surface area contributed by atoms with Crippen LogP contribution in [0.1, 0.15) is 10.4 Å². The number of halogens is 2. The van der Waals surface area contributed by atoms with E-state index in [2.05, 4.69) is 5.10 Å². The van der Waals surface area contributed by atoms with Gasteiger partial charge in [-0.05, 0) is 6.07 Å². The summed E-state index contributed by atoms with van der Waals surface area (Å²) in [5, 5.41) is 3.79. The topological polar surface area (TPSA) is 86.9 Å². The molecule has 1 heterocycles. The molecule has 0 bridgehead atoms. The first-order valence-electron chi connectivity index (χ1n) is 4.58. The number of aromatic nitrogens is 2. The molecule has 0 saturated heterocycles. The molecule has 17 heavy (non-hydrogen) atoms. The molecule has 0 aliphatic heterocycles. The van der Waals surface area contributed by atoms with Crippen molar-refractivity contribution < 1.29 is 9.18 Å². The molecule has 2 rings (SSSR count). The van der Waals surface area contributed by atoms with Crippen LogP contribution in [0, 0.1) is 5.82 Å². The Balaban J connectivity index is 2.52. The highest BCUT2D eigenvalue weighted by molar-refractivity contribution is 6.31. The molecular weight excluding hydrogens is 247 g/mol. The van der Waals surface area contributed by atoms with Gasteiger partial charge in [-0.25, -0.2) is 9.07 Å². The fourth-order valence-corrected chi connectivity index (χ4v) is 1.50. The fourth-order valence-electron chi connectivity index (χ4n) is 1.33. The number of anilines is 1. The monoisotopic (exact) mass is 254 g/mol. The van der Waals surface area contributed by atoms with Gasteiger partial charge in [-0.15, -0.1) is 0 Å². The van der Waals surface area contributed by atoms with Gasteiger partial charge < -0.3 is 11.5 Å². The fraction of sp³-hybridized carbons (Fsp3) is 0. The molecule has 1 amide bonds. The van der Waals surface area contributed by atoms with E-state index in [1.807, 2.05) is 0 Å². The smallest absolute Gasteiger partial charge is 0.251 e. The molecule has 1 aromatic heterocycles. The van der Waals surface area contributed by atoms with Crippen molar-refractivity contribution in [1.82, 2.24) is 9.78 Å². The van der Waals surface area contributed by atoms with E-state index in [1.165, 1.54) is 23.1 Å². The van der Waals surface area contributed by atoms with Crippen LogP contribution in [0.25, 0.3) is 5.69 Å². The summed E-state index contributed by atoms with van der Waals surface area (Å²) in [6, 6.07) is 2.41. The van der Waals surface area contributed by atoms with E-state index >= 15 is 0 Å². The molecule has 4 N–H and O–H groups in total. The number of hydrogen-bond donors (Lipinski definition) is 2. The summed E-state index contributed by atoms with van der Waals surface area (Å²) in [7, 11) is 0. The quantitative estimate of drug-likeness (QED) is 0.793. The van der Waals surface area contributed by atoms with Gasteiger partial charge in [-0.2, -0.15) is 5.10 Å². The lowest BCUT2D eigenvalue weighted by Gasteiger charge is -2.06. The van der Waals surface area contributed by atoms with Crippen LogP contribution in [0.5, 0.6) is 0 Å². The summed E-state index contributed by atoms with van der Waals surface area (Å²) in [6.07, 6.45) is 2.63. The lowest BCUT2D eigenvalue weighted by atomic mass is 10.2. The molecule has 0 aliphatic carbocycles. The van der Waals surface area contributed by atoms with Crippen molar-refractivity contribution in [1.29, 1.82) is 0 Å². The van der Waals surface area contributed by atoms with Gasteiger partial charge in [0.25, 0.3) is 5.91 Å². The number of nitrogens with zero attached hydrogens (tertiary/aromatic N) is 2. The average molecular weight is 255 g/mol. The summed E-state index contributed by atoms with van der Waals surface area (Å²) < 4.78 is 14.5. The SMILES string of the molecule is NC(=O)c1cnn(-c2cc(F)c(Cl)cc2N)c1. The summed E-state index contributed by atoms with van der Waals surface area (Å²) in [5.41, 5.74) is 11.5. The highest BCUT2D eigenvalue weighted by Gasteiger charge is 2.11. The first-order valence-corrected chi connectivity index (χ1v) is 4.96. The zero-order chi connectivity index (χ0) is 12.6. The highest BCUT2D eigenvalue weighted by Crippen LogP contribution is 2.24. The predicted molar refractivity (Wildman–Crippen MR) is 61.5 cm³/mol. The van der Waals surface area contributed by atoms with Gasteiger partial charge in [0.15, 0.2) is 0 Å². The lowest BCUT2D eigenvalue weighted by molar-refractivity contribution is 0.100. The summed E-state index contributed by atoms with van der Waals surface area (Å²) in [5.74, 6) is -1.24. The second-order valence-electron chi connectivity index (χ2n) is 3.36. The van der Waals surface area contributed by atoms with Crippen molar-refractivity contribution >= 4 is 23.2 Å². The van der Waals surface area contributed by atoms with Crippen molar-refractivity contribution in [3.63, 3.8) is 0 Å². The van der Waals surface area contributed by atoms with Gasteiger partial charge in [0, 0.05) is 12.3 Å². The number of nitrogen functional groups attached to an aromatic ring is 1. The molecule has 0 unspecified atom stereocenters. The molecule has 5 nitrogen and oxygen atoms in total. The Bertz CT molecular complexity index is 596. The molecule has 0 saturated carbocycles. The van der Waals surface area contributed by atoms with Crippen molar-refractivity contribution in [3.05, 3.63) is 40.9 Å². The predicted octanol–water partition coefficient (Wildman–Crippen LogP) is 1.35. The summed E-state index contributed by atoms with van der Waals surface area (Å²) >= 11 is 5.57. The molecule has 0 fully saturated rings. The third-order valence-electron chi connectivity index (χ3n) is 2.18. The van der Waals surface area contributed by atoms with E-state index in [1.54, 1.807) is 0 Å². The number of hydrogen-bond acceptors (Lipinski definition) is 3. The maximum absolute atomic E-state index is 13.3. The van der Waals surface area contributed by atoms with Crippen LogP contribution in [0.2, 0.25) is 5.02 Å². The largest absolute Gasteiger partial charge is 0.397 e. The second kappa shape index (κ2) is 4.06. The molecule has 7 heteroatoms. The maximum Gasteiger partial charge on any atom is 0.251 e. The third kappa shape index (κ3) is 2.07. The van der Waals surface area contributed by atoms with Crippen LogP contribution in [0.15, 0.2) is 24.5 Å². The van der Waals surface area contributed by atoms with Gasteiger partial charge in [-0.3, -0.25) is 4.79 Å². The first kappa shape index (κ1) is 11.4. The molecule has 0 atom stereocenters. The van der Waals surface area contributed by atoms with Crippen LogP contribution >= 0.6 is 11.6 Å². The van der Waals surface area contributed by atoms with Crippen molar-refractivity contribution in [2.24, 2.45) is 5.73 Å². The number of primary amides is 1. The van der Waals surface area contributed by atoms with Crippen LogP contribution < -0.4 is 11.5 Å². The zero-order valence-corrected chi connectivity index (χ0v) is 9.28. The zero-order valence-electron chi connectivity index (χ0n) is 8.52. The number of amides is 1. The summed E-state index contributed by atoms with van der Waals surface area (Å²) in [6.45, 7) is 0. The Labute approximate surface area is 101 Å². The minimum atomic E-state index is -0.621. The minimum Gasteiger partial charge on any atom is -0.397 e. The van der Waals surface area contributed by atoms with E-state index in [-0.39, 0.29) is 16.3 Å². The molecule has 88 valence electrons. The normalized spacial score (nSPS) is 10.5. The van der Waals surface area contributed by atoms with Crippen molar-refractivity contribution in [2.75, 3.05) is 5.73 Å². The van der Waals surface area contributed by atoms with Crippen LogP contribution in [0.3, 0.4) is 0 Å². The van der Waals surface area contributed by atoms with Crippen LogP contribution in [-0.2, 0) is 0 Å². The second-order valence-corrected chi connectivity index (χ2v) is 3.77. The highest BCUT2D eigenvalue weighted by atomic mass is 35.5. The Kier molecular flexibility index (Phi) is 2.72. The Morgan fingerprint density at radius 2 is 2.18 bits per heavy atom. The summed E-state index contributed by atoms with van der Waals surface area (Å²) in [4.78, 5) is 10.9. The molecule has 0 spiro atoms. The van der Waals surface area contributed by atoms with Crippen molar-refractivity contribution in [2.45, 2.75) is 0 Å². The number of rotatable bonds is 2. The van der Waals surface area contributed by atoms with E-state index < -0.39 is 11.7 Å². The molecule has 1 aromatic carbocycles. The average Bonchev–Trinajstić information content (AvgIpc) is 2.72. The third-order valence-corrected chi connectivity index (χ3v) is 2.47. The van der Waals surface area contributed by atoms with Crippen molar-refractivity contribution in [3.8, 4) is 5.69 Å². The van der Waals surface area contributed by atoms with Gasteiger partial charge >= 0.3 is 0 Å². The van der Waals surface area contributed by atoms with Gasteiger partial charge in [0.05, 0.1) is 28.2 Å². The van der Waals surface area contributed by atoms with Crippen LogP contribution in [0.4, 0.5) is 10.1 Å². The Morgan fingerprint density at radius 1 is 1.47 bits per heavy atom. The first-order chi connectivity index (χ1) is 7.99. The van der Waals surface area contributed by atoms with Gasteiger partial charge in [0.1, 0.15) is 5.82 Å². The number of carbonyl (C=O) groups is 1.